The first-order valence-electron chi connectivity index (χ1n) is 9.15. The van der Waals surface area contributed by atoms with Gasteiger partial charge in [0.05, 0.1) is 10.6 Å². The van der Waals surface area contributed by atoms with Crippen molar-refractivity contribution in [2.45, 2.75) is 19.6 Å². The van der Waals surface area contributed by atoms with Gasteiger partial charge in [0.15, 0.2) is 6.10 Å². The van der Waals surface area contributed by atoms with E-state index in [1.54, 1.807) is 4.90 Å². The fourth-order valence-electron chi connectivity index (χ4n) is 3.15. The molecule has 0 aliphatic carbocycles. The zero-order valence-electron chi connectivity index (χ0n) is 15.6. The van der Waals surface area contributed by atoms with Crippen molar-refractivity contribution in [2.75, 3.05) is 26.2 Å². The van der Waals surface area contributed by atoms with Crippen molar-refractivity contribution in [3.63, 3.8) is 0 Å². The third-order valence-corrected chi connectivity index (χ3v) is 5.03. The molecule has 1 unspecified atom stereocenters. The van der Waals surface area contributed by atoms with Crippen molar-refractivity contribution in [3.8, 4) is 0 Å². The molecule has 0 bridgehead atoms. The van der Waals surface area contributed by atoms with Gasteiger partial charge in [-0.05, 0) is 30.7 Å². The highest BCUT2D eigenvalue weighted by Gasteiger charge is 2.28. The largest absolute Gasteiger partial charge is 0.449 e. The molecule has 1 aliphatic heterocycles. The summed E-state index contributed by atoms with van der Waals surface area (Å²) in [5, 5.41) is -0.0424. The normalized spacial score (nSPS) is 15.9. The van der Waals surface area contributed by atoms with Crippen molar-refractivity contribution in [1.29, 1.82) is 0 Å². The van der Waals surface area contributed by atoms with Gasteiger partial charge < -0.3 is 9.64 Å². The number of piperazine rings is 1. The molecule has 2 aromatic rings. The number of ether oxygens (including phenoxy) is 1. The van der Waals surface area contributed by atoms with Gasteiger partial charge in [-0.25, -0.2) is 9.18 Å². The average molecular weight is 405 g/mol. The summed E-state index contributed by atoms with van der Waals surface area (Å²) in [4.78, 5) is 28.8. The van der Waals surface area contributed by atoms with Crippen LogP contribution in [-0.2, 0) is 16.1 Å². The highest BCUT2D eigenvalue weighted by atomic mass is 35.5. The van der Waals surface area contributed by atoms with Gasteiger partial charge in [0.1, 0.15) is 5.82 Å². The molecule has 5 nitrogen and oxygen atoms in total. The maximum Gasteiger partial charge on any atom is 0.340 e. The van der Waals surface area contributed by atoms with Gasteiger partial charge in [-0.1, -0.05) is 41.9 Å². The molecule has 3 rings (SSSR count). The summed E-state index contributed by atoms with van der Waals surface area (Å²) >= 11 is 5.88. The van der Waals surface area contributed by atoms with Gasteiger partial charge in [0.2, 0.25) is 0 Å². The second-order valence-electron chi connectivity index (χ2n) is 6.76. The van der Waals surface area contributed by atoms with Crippen LogP contribution in [0.15, 0.2) is 48.5 Å². The SMILES string of the molecule is CC(OC(=O)c1ccc(F)cc1Cl)C(=O)N1CCN(Cc2ccccc2)CC1. The number of benzene rings is 2. The Hall–Kier alpha value is -2.44. The Morgan fingerprint density at radius 1 is 1.11 bits per heavy atom. The smallest absolute Gasteiger partial charge is 0.340 e. The molecule has 0 spiro atoms. The van der Waals surface area contributed by atoms with E-state index in [1.165, 1.54) is 18.6 Å². The highest BCUT2D eigenvalue weighted by Crippen LogP contribution is 2.19. The summed E-state index contributed by atoms with van der Waals surface area (Å²) in [5.74, 6) is -1.53. The van der Waals surface area contributed by atoms with Gasteiger partial charge in [-0.2, -0.15) is 0 Å². The summed E-state index contributed by atoms with van der Waals surface area (Å²) in [7, 11) is 0. The van der Waals surface area contributed by atoms with E-state index in [0.717, 1.165) is 31.8 Å². The molecule has 1 aliphatic rings. The van der Waals surface area contributed by atoms with Crippen LogP contribution < -0.4 is 0 Å². The van der Waals surface area contributed by atoms with Crippen molar-refractivity contribution in [2.24, 2.45) is 0 Å². The monoisotopic (exact) mass is 404 g/mol. The van der Waals surface area contributed by atoms with E-state index >= 15 is 0 Å². The first kappa shape index (κ1) is 20.3. The fourth-order valence-corrected chi connectivity index (χ4v) is 3.40. The van der Waals surface area contributed by atoms with Gasteiger partial charge in [0.25, 0.3) is 5.91 Å². The number of esters is 1. The van der Waals surface area contributed by atoms with Crippen LogP contribution >= 0.6 is 11.6 Å². The number of nitrogens with zero attached hydrogens (tertiary/aromatic N) is 2. The molecule has 7 heteroatoms. The van der Waals surface area contributed by atoms with Crippen LogP contribution in [0.2, 0.25) is 5.02 Å². The minimum absolute atomic E-state index is 0.0374. The maximum atomic E-state index is 13.1. The van der Waals surface area contributed by atoms with Crippen molar-refractivity contribution >= 4 is 23.5 Å². The Labute approximate surface area is 168 Å². The van der Waals surface area contributed by atoms with Crippen molar-refractivity contribution < 1.29 is 18.7 Å². The first-order valence-corrected chi connectivity index (χ1v) is 9.53. The standard InChI is InChI=1S/C21H22ClFN2O3/c1-15(28-21(27)18-8-7-17(23)13-19(18)22)20(26)25-11-9-24(10-12-25)14-16-5-3-2-4-6-16/h2-8,13,15H,9-12,14H2,1H3. The van der Waals surface area contributed by atoms with Crippen molar-refractivity contribution in [3.05, 3.63) is 70.5 Å². The van der Waals surface area contributed by atoms with Gasteiger partial charge in [0, 0.05) is 32.7 Å². The second-order valence-corrected chi connectivity index (χ2v) is 7.17. The van der Waals surface area contributed by atoms with Crippen LogP contribution in [0.4, 0.5) is 4.39 Å². The van der Waals surface area contributed by atoms with Crippen LogP contribution in [0, 0.1) is 5.82 Å². The molecule has 1 amide bonds. The minimum Gasteiger partial charge on any atom is -0.449 e. The van der Waals surface area contributed by atoms with Gasteiger partial charge in [-0.15, -0.1) is 0 Å². The third-order valence-electron chi connectivity index (χ3n) is 4.72. The number of amides is 1. The molecule has 1 saturated heterocycles. The Morgan fingerprint density at radius 2 is 1.79 bits per heavy atom. The molecule has 1 heterocycles. The first-order chi connectivity index (χ1) is 13.4. The lowest BCUT2D eigenvalue weighted by Crippen LogP contribution is -2.51. The summed E-state index contributed by atoms with van der Waals surface area (Å²) < 4.78 is 18.4. The Morgan fingerprint density at radius 3 is 2.43 bits per heavy atom. The Balaban J connectivity index is 1.51. The highest BCUT2D eigenvalue weighted by molar-refractivity contribution is 6.33. The molecule has 1 atom stereocenters. The van der Waals surface area contributed by atoms with E-state index in [9.17, 15) is 14.0 Å². The van der Waals surface area contributed by atoms with Crippen LogP contribution in [0.5, 0.6) is 0 Å². The molecule has 0 N–H and O–H groups in total. The molecular formula is C21H22ClFN2O3. The van der Waals surface area contributed by atoms with E-state index in [1.807, 2.05) is 18.2 Å². The molecule has 0 saturated carbocycles. The Bertz CT molecular complexity index is 839. The van der Waals surface area contributed by atoms with Crippen LogP contribution in [-0.4, -0.2) is 54.0 Å². The summed E-state index contributed by atoms with van der Waals surface area (Å²) in [6, 6.07) is 13.6. The number of halogens is 2. The quantitative estimate of drug-likeness (QED) is 0.717. The average Bonchev–Trinajstić information content (AvgIpc) is 2.68. The lowest BCUT2D eigenvalue weighted by Gasteiger charge is -2.35. The number of carbonyl (C=O) groups is 2. The van der Waals surface area contributed by atoms with E-state index in [4.69, 9.17) is 16.3 Å². The number of hydrogen-bond acceptors (Lipinski definition) is 4. The number of carbonyl (C=O) groups excluding carboxylic acids is 2. The third kappa shape index (κ3) is 5.09. The number of hydrogen-bond donors (Lipinski definition) is 0. The lowest BCUT2D eigenvalue weighted by molar-refractivity contribution is -0.141. The van der Waals surface area contributed by atoms with E-state index in [-0.39, 0.29) is 16.5 Å². The molecule has 0 aromatic heterocycles. The number of rotatable bonds is 5. The molecule has 28 heavy (non-hydrogen) atoms. The predicted octanol–water partition coefficient (Wildman–Crippen LogP) is 3.37. The molecule has 2 aromatic carbocycles. The maximum absolute atomic E-state index is 13.1. The fraction of sp³-hybridized carbons (Fsp3) is 0.333. The summed E-state index contributed by atoms with van der Waals surface area (Å²) in [5.41, 5.74) is 1.27. The second kappa shape index (κ2) is 9.17. The van der Waals surface area contributed by atoms with E-state index in [0.29, 0.717) is 13.1 Å². The van der Waals surface area contributed by atoms with Crippen LogP contribution in [0.25, 0.3) is 0 Å². The minimum atomic E-state index is -0.936. The molecule has 0 radical (unpaired) electrons. The van der Waals surface area contributed by atoms with Crippen LogP contribution in [0.1, 0.15) is 22.8 Å². The zero-order chi connectivity index (χ0) is 20.1. The molecular weight excluding hydrogens is 383 g/mol. The topological polar surface area (TPSA) is 49.9 Å². The predicted molar refractivity (Wildman–Crippen MR) is 105 cm³/mol. The Kier molecular flexibility index (Phi) is 6.65. The van der Waals surface area contributed by atoms with Gasteiger partial charge in [-0.3, -0.25) is 9.69 Å². The molecule has 1 fully saturated rings. The zero-order valence-corrected chi connectivity index (χ0v) is 16.4. The van der Waals surface area contributed by atoms with E-state index < -0.39 is 17.9 Å². The van der Waals surface area contributed by atoms with E-state index in [2.05, 4.69) is 17.0 Å². The van der Waals surface area contributed by atoms with Crippen LogP contribution in [0.3, 0.4) is 0 Å². The van der Waals surface area contributed by atoms with Gasteiger partial charge >= 0.3 is 5.97 Å². The summed E-state index contributed by atoms with van der Waals surface area (Å²) in [6.07, 6.45) is -0.936. The lowest BCUT2D eigenvalue weighted by atomic mass is 10.2. The summed E-state index contributed by atoms with van der Waals surface area (Å²) in [6.45, 7) is 5.04. The van der Waals surface area contributed by atoms with Crippen molar-refractivity contribution in [1.82, 2.24) is 9.80 Å². The molecule has 148 valence electrons.